The van der Waals surface area contributed by atoms with Crippen molar-refractivity contribution in [3.63, 3.8) is 0 Å². The molecule has 0 aromatic heterocycles. The lowest BCUT2D eigenvalue weighted by Gasteiger charge is -2.31. The highest BCUT2D eigenvalue weighted by Crippen LogP contribution is 2.30. The largest absolute Gasteiger partial charge is 0.366 e. The molecule has 22 heavy (non-hydrogen) atoms. The number of hydrogen-bond acceptors (Lipinski definition) is 4. The lowest BCUT2D eigenvalue weighted by molar-refractivity contribution is -0.384. The maximum atomic E-state index is 10.9. The Kier molecular flexibility index (Phi) is 3.70. The van der Waals surface area contributed by atoms with Crippen LogP contribution in [0.25, 0.3) is 0 Å². The van der Waals surface area contributed by atoms with Crippen LogP contribution in [-0.4, -0.2) is 11.5 Å². The molecule has 0 amide bonds. The Bertz CT molecular complexity index is 798. The van der Waals surface area contributed by atoms with E-state index in [-0.39, 0.29) is 10.6 Å². The molecule has 1 heterocycles. The summed E-state index contributed by atoms with van der Waals surface area (Å²) in [5.74, 6) is 0. The van der Waals surface area contributed by atoms with Crippen LogP contribution in [0.5, 0.6) is 0 Å². The fraction of sp³-hybridized carbons (Fsp3) is 0.188. The van der Waals surface area contributed by atoms with E-state index in [0.29, 0.717) is 17.1 Å². The zero-order valence-electron chi connectivity index (χ0n) is 11.6. The SMILES string of the molecule is N#Cc1ccc(Cl)cc1N1CCc2ccc([N+](=O)[O-])cc2C1. The van der Waals surface area contributed by atoms with Gasteiger partial charge < -0.3 is 4.90 Å². The van der Waals surface area contributed by atoms with Crippen LogP contribution in [0.4, 0.5) is 11.4 Å². The highest BCUT2D eigenvalue weighted by Gasteiger charge is 2.21. The van der Waals surface area contributed by atoms with E-state index >= 15 is 0 Å². The van der Waals surface area contributed by atoms with Gasteiger partial charge in [-0.1, -0.05) is 17.7 Å². The first-order valence-electron chi connectivity index (χ1n) is 6.79. The highest BCUT2D eigenvalue weighted by molar-refractivity contribution is 6.30. The van der Waals surface area contributed by atoms with Crippen molar-refractivity contribution in [3.05, 3.63) is 68.2 Å². The lowest BCUT2D eigenvalue weighted by atomic mass is 9.98. The molecule has 6 heteroatoms. The van der Waals surface area contributed by atoms with Gasteiger partial charge in [0.05, 0.1) is 16.2 Å². The summed E-state index contributed by atoms with van der Waals surface area (Å²) in [7, 11) is 0. The molecule has 110 valence electrons. The molecular formula is C16H12ClN3O2. The van der Waals surface area contributed by atoms with Gasteiger partial charge in [-0.15, -0.1) is 0 Å². The summed E-state index contributed by atoms with van der Waals surface area (Å²) in [5, 5.41) is 20.7. The minimum atomic E-state index is -0.390. The minimum Gasteiger partial charge on any atom is -0.366 e. The molecule has 3 rings (SSSR count). The molecule has 0 spiro atoms. The number of nitriles is 1. The summed E-state index contributed by atoms with van der Waals surface area (Å²) < 4.78 is 0. The van der Waals surface area contributed by atoms with Crippen molar-refractivity contribution in [1.82, 2.24) is 0 Å². The number of anilines is 1. The minimum absolute atomic E-state index is 0.0900. The summed E-state index contributed by atoms with van der Waals surface area (Å²) in [6, 6.07) is 12.3. The molecule has 0 fully saturated rings. The maximum Gasteiger partial charge on any atom is 0.269 e. The summed E-state index contributed by atoms with van der Waals surface area (Å²) in [5.41, 5.74) is 3.45. The van der Waals surface area contributed by atoms with Crippen LogP contribution in [0.1, 0.15) is 16.7 Å². The van der Waals surface area contributed by atoms with Crippen LogP contribution in [0.3, 0.4) is 0 Å². The highest BCUT2D eigenvalue weighted by atomic mass is 35.5. The molecule has 0 N–H and O–H groups in total. The smallest absolute Gasteiger partial charge is 0.269 e. The Morgan fingerprint density at radius 2 is 2.05 bits per heavy atom. The molecule has 2 aromatic carbocycles. The zero-order chi connectivity index (χ0) is 15.7. The van der Waals surface area contributed by atoms with Crippen LogP contribution in [0.2, 0.25) is 5.02 Å². The number of fused-ring (bicyclic) bond motifs is 1. The van der Waals surface area contributed by atoms with Crippen molar-refractivity contribution in [2.75, 3.05) is 11.4 Å². The van der Waals surface area contributed by atoms with Gasteiger partial charge >= 0.3 is 0 Å². The second-order valence-corrected chi connectivity index (χ2v) is 5.59. The molecule has 1 aliphatic heterocycles. The van der Waals surface area contributed by atoms with Crippen molar-refractivity contribution in [1.29, 1.82) is 5.26 Å². The fourth-order valence-electron chi connectivity index (χ4n) is 2.72. The average molecular weight is 314 g/mol. The fourth-order valence-corrected chi connectivity index (χ4v) is 2.89. The van der Waals surface area contributed by atoms with Gasteiger partial charge in [-0.2, -0.15) is 5.26 Å². The summed E-state index contributed by atoms with van der Waals surface area (Å²) in [4.78, 5) is 12.6. The van der Waals surface area contributed by atoms with Crippen molar-refractivity contribution in [3.8, 4) is 6.07 Å². The molecule has 0 atom stereocenters. The van der Waals surface area contributed by atoms with Gasteiger partial charge in [0, 0.05) is 30.2 Å². The standard InChI is InChI=1S/C16H12ClN3O2/c17-14-3-1-12(9-18)16(8-14)19-6-5-11-2-4-15(20(21)22)7-13(11)10-19/h1-4,7-8H,5-6,10H2. The predicted octanol–water partition coefficient (Wildman–Crippen LogP) is 3.68. The Hall–Kier alpha value is -2.58. The molecule has 0 aliphatic carbocycles. The topological polar surface area (TPSA) is 70.2 Å². The summed E-state index contributed by atoms with van der Waals surface area (Å²) in [6.45, 7) is 1.28. The number of nitro groups is 1. The van der Waals surface area contributed by atoms with Crippen LogP contribution < -0.4 is 4.90 Å². The van der Waals surface area contributed by atoms with E-state index in [9.17, 15) is 15.4 Å². The second-order valence-electron chi connectivity index (χ2n) is 5.15. The number of non-ortho nitro benzene ring substituents is 1. The monoisotopic (exact) mass is 313 g/mol. The van der Waals surface area contributed by atoms with Gasteiger partial charge in [0.25, 0.3) is 5.69 Å². The lowest BCUT2D eigenvalue weighted by Crippen LogP contribution is -2.31. The van der Waals surface area contributed by atoms with Crippen LogP contribution in [0, 0.1) is 21.4 Å². The third-order valence-electron chi connectivity index (χ3n) is 3.83. The molecule has 0 saturated heterocycles. The van der Waals surface area contributed by atoms with Crippen molar-refractivity contribution >= 4 is 23.0 Å². The number of benzene rings is 2. The Balaban J connectivity index is 1.97. The van der Waals surface area contributed by atoms with Gasteiger partial charge in [-0.3, -0.25) is 10.1 Å². The molecule has 2 aromatic rings. The normalized spacial score (nSPS) is 13.4. The predicted molar refractivity (Wildman–Crippen MR) is 84.0 cm³/mol. The van der Waals surface area contributed by atoms with E-state index in [1.54, 1.807) is 24.3 Å². The zero-order valence-corrected chi connectivity index (χ0v) is 12.4. The maximum absolute atomic E-state index is 10.9. The van der Waals surface area contributed by atoms with Crippen molar-refractivity contribution in [2.45, 2.75) is 13.0 Å². The van der Waals surface area contributed by atoms with E-state index in [4.69, 9.17) is 11.6 Å². The summed E-state index contributed by atoms with van der Waals surface area (Å²) >= 11 is 6.03. The molecule has 5 nitrogen and oxygen atoms in total. The van der Waals surface area contributed by atoms with Gasteiger partial charge in [-0.25, -0.2) is 0 Å². The third kappa shape index (κ3) is 2.61. The first-order chi connectivity index (χ1) is 10.6. The quantitative estimate of drug-likeness (QED) is 0.626. The molecule has 0 saturated carbocycles. The number of hydrogen-bond donors (Lipinski definition) is 0. The molecule has 1 aliphatic rings. The molecule has 0 bridgehead atoms. The summed E-state index contributed by atoms with van der Waals surface area (Å²) in [6.07, 6.45) is 0.782. The van der Waals surface area contributed by atoms with Gasteiger partial charge in [0.2, 0.25) is 0 Å². The van der Waals surface area contributed by atoms with Crippen LogP contribution in [0.15, 0.2) is 36.4 Å². The Morgan fingerprint density at radius 3 is 2.77 bits per heavy atom. The van der Waals surface area contributed by atoms with E-state index in [1.807, 2.05) is 11.0 Å². The van der Waals surface area contributed by atoms with Crippen molar-refractivity contribution in [2.24, 2.45) is 0 Å². The van der Waals surface area contributed by atoms with Crippen LogP contribution in [-0.2, 0) is 13.0 Å². The molecular weight excluding hydrogens is 302 g/mol. The van der Waals surface area contributed by atoms with Gasteiger partial charge in [-0.05, 0) is 35.7 Å². The first kappa shape index (κ1) is 14.4. The Morgan fingerprint density at radius 1 is 1.23 bits per heavy atom. The number of nitrogens with zero attached hydrogens (tertiary/aromatic N) is 3. The van der Waals surface area contributed by atoms with E-state index in [2.05, 4.69) is 6.07 Å². The number of rotatable bonds is 2. The number of halogens is 1. The molecule has 0 radical (unpaired) electrons. The van der Waals surface area contributed by atoms with E-state index in [0.717, 1.165) is 29.8 Å². The van der Waals surface area contributed by atoms with Gasteiger partial charge in [0.15, 0.2) is 0 Å². The average Bonchev–Trinajstić information content (AvgIpc) is 2.53. The Labute approximate surface area is 132 Å². The first-order valence-corrected chi connectivity index (χ1v) is 7.17. The number of nitro benzene ring substituents is 1. The third-order valence-corrected chi connectivity index (χ3v) is 4.07. The van der Waals surface area contributed by atoms with E-state index < -0.39 is 0 Å². The second kappa shape index (κ2) is 5.66. The van der Waals surface area contributed by atoms with Crippen LogP contribution >= 0.6 is 11.6 Å². The van der Waals surface area contributed by atoms with E-state index in [1.165, 1.54) is 6.07 Å². The molecule has 0 unspecified atom stereocenters. The van der Waals surface area contributed by atoms with Gasteiger partial charge in [0.1, 0.15) is 6.07 Å². The van der Waals surface area contributed by atoms with Crippen molar-refractivity contribution < 1.29 is 4.92 Å².